The van der Waals surface area contributed by atoms with Gasteiger partial charge in [0.25, 0.3) is 5.91 Å². The molecule has 5 nitrogen and oxygen atoms in total. The Morgan fingerprint density at radius 3 is 2.61 bits per heavy atom. The van der Waals surface area contributed by atoms with Gasteiger partial charge in [-0.05, 0) is 42.0 Å². The van der Waals surface area contributed by atoms with E-state index >= 15 is 0 Å². The van der Waals surface area contributed by atoms with Crippen molar-refractivity contribution in [2.24, 2.45) is 0 Å². The van der Waals surface area contributed by atoms with E-state index in [4.69, 9.17) is 21.1 Å². The van der Waals surface area contributed by atoms with Crippen molar-refractivity contribution in [3.05, 3.63) is 64.7 Å². The van der Waals surface area contributed by atoms with Crippen LogP contribution in [0.15, 0.2) is 48.5 Å². The monoisotopic (exact) mass is 413 g/mol. The minimum absolute atomic E-state index is 0.0782. The number of amides is 1. The summed E-state index contributed by atoms with van der Waals surface area (Å²) in [5, 5.41) is 2.10. The van der Waals surface area contributed by atoms with Crippen molar-refractivity contribution in [2.45, 2.75) is 6.18 Å². The van der Waals surface area contributed by atoms with Crippen LogP contribution < -0.4 is 10.1 Å². The number of rotatable bonds is 6. The van der Waals surface area contributed by atoms with E-state index < -0.39 is 30.2 Å². The van der Waals surface area contributed by atoms with Gasteiger partial charge in [-0.1, -0.05) is 23.7 Å². The number of halogens is 4. The number of carbonyl (C=O) groups excluding carboxylic acids is 2. The number of alkyl halides is 3. The largest absolute Gasteiger partial charge is 0.497 e. The first kappa shape index (κ1) is 21.3. The molecule has 0 fully saturated rings. The normalized spacial score (nSPS) is 11.3. The summed E-state index contributed by atoms with van der Waals surface area (Å²) in [4.78, 5) is 23.5. The molecule has 0 aliphatic carbocycles. The Morgan fingerprint density at radius 2 is 1.93 bits per heavy atom. The minimum atomic E-state index is -4.58. The molecule has 9 heteroatoms. The van der Waals surface area contributed by atoms with Crippen LogP contribution in [0.25, 0.3) is 6.08 Å². The van der Waals surface area contributed by atoms with Gasteiger partial charge in [-0.15, -0.1) is 0 Å². The van der Waals surface area contributed by atoms with Crippen molar-refractivity contribution >= 4 is 35.2 Å². The lowest BCUT2D eigenvalue weighted by molar-refractivity contribution is -0.142. The van der Waals surface area contributed by atoms with E-state index in [-0.39, 0.29) is 10.7 Å². The number of carbonyl (C=O) groups is 2. The highest BCUT2D eigenvalue weighted by Gasteiger charge is 2.31. The molecule has 0 aromatic heterocycles. The fraction of sp³-hybridized carbons (Fsp3) is 0.158. The van der Waals surface area contributed by atoms with Crippen molar-refractivity contribution in [2.75, 3.05) is 19.0 Å². The number of ether oxygens (including phenoxy) is 2. The van der Waals surface area contributed by atoms with Crippen molar-refractivity contribution in [1.29, 1.82) is 0 Å². The highest BCUT2D eigenvalue weighted by molar-refractivity contribution is 6.33. The second-order valence-electron chi connectivity index (χ2n) is 5.46. The van der Waals surface area contributed by atoms with Crippen molar-refractivity contribution < 1.29 is 32.2 Å². The molecule has 28 heavy (non-hydrogen) atoms. The van der Waals surface area contributed by atoms with E-state index in [0.717, 1.165) is 18.2 Å². The van der Waals surface area contributed by atoms with Crippen molar-refractivity contribution in [3.63, 3.8) is 0 Å². The van der Waals surface area contributed by atoms with E-state index in [0.29, 0.717) is 17.4 Å². The van der Waals surface area contributed by atoms with Crippen LogP contribution in [-0.4, -0.2) is 25.6 Å². The second kappa shape index (κ2) is 9.27. The Kier molecular flexibility index (Phi) is 7.06. The van der Waals surface area contributed by atoms with Gasteiger partial charge in [-0.3, -0.25) is 4.79 Å². The molecule has 2 rings (SSSR count). The summed E-state index contributed by atoms with van der Waals surface area (Å²) >= 11 is 5.78. The van der Waals surface area contributed by atoms with E-state index in [1.807, 2.05) is 0 Å². The number of hydrogen-bond donors (Lipinski definition) is 1. The van der Waals surface area contributed by atoms with Crippen molar-refractivity contribution in [1.82, 2.24) is 0 Å². The maximum atomic E-state index is 12.7. The molecule has 0 saturated carbocycles. The molecule has 0 unspecified atom stereocenters. The SMILES string of the molecule is COc1cccc(C=CC(=O)OCC(=O)Nc2cc(C(F)(F)F)ccc2Cl)c1. The topological polar surface area (TPSA) is 64.6 Å². The van der Waals surface area contributed by atoms with E-state index in [2.05, 4.69) is 5.32 Å². The molecule has 0 spiro atoms. The lowest BCUT2D eigenvalue weighted by Gasteiger charge is -2.11. The predicted octanol–water partition coefficient (Wildman–Crippen LogP) is 4.56. The van der Waals surface area contributed by atoms with Gasteiger partial charge in [0.05, 0.1) is 23.4 Å². The number of anilines is 1. The summed E-state index contributed by atoms with van der Waals surface area (Å²) in [6, 6.07) is 9.39. The molecule has 0 heterocycles. The fourth-order valence-electron chi connectivity index (χ4n) is 2.08. The first-order chi connectivity index (χ1) is 13.2. The maximum Gasteiger partial charge on any atom is 0.416 e. The van der Waals surface area contributed by atoms with Gasteiger partial charge in [-0.2, -0.15) is 13.2 Å². The maximum absolute atomic E-state index is 12.7. The van der Waals surface area contributed by atoms with Gasteiger partial charge in [0.1, 0.15) is 5.75 Å². The summed E-state index contributed by atoms with van der Waals surface area (Å²) in [7, 11) is 1.51. The van der Waals surface area contributed by atoms with Crippen LogP contribution in [0.2, 0.25) is 5.02 Å². The van der Waals surface area contributed by atoms with Gasteiger partial charge >= 0.3 is 12.1 Å². The zero-order valence-electron chi connectivity index (χ0n) is 14.5. The summed E-state index contributed by atoms with van der Waals surface area (Å²) in [5.74, 6) is -1.02. The van der Waals surface area contributed by atoms with Crippen LogP contribution in [0.1, 0.15) is 11.1 Å². The third-order valence-electron chi connectivity index (χ3n) is 3.42. The average molecular weight is 414 g/mol. The summed E-state index contributed by atoms with van der Waals surface area (Å²) in [6.07, 6.45) is -2.01. The van der Waals surface area contributed by atoms with Gasteiger partial charge in [0.2, 0.25) is 0 Å². The smallest absolute Gasteiger partial charge is 0.416 e. The van der Waals surface area contributed by atoms with E-state index in [1.165, 1.54) is 13.2 Å². The first-order valence-electron chi connectivity index (χ1n) is 7.84. The molecule has 1 N–H and O–H groups in total. The van der Waals surface area contributed by atoms with Crippen LogP contribution in [-0.2, 0) is 20.5 Å². The van der Waals surface area contributed by atoms with Gasteiger partial charge in [-0.25, -0.2) is 4.79 Å². The Labute approximate surface area is 163 Å². The van der Waals surface area contributed by atoms with E-state index in [9.17, 15) is 22.8 Å². The van der Waals surface area contributed by atoms with Gasteiger partial charge in [0, 0.05) is 6.08 Å². The number of hydrogen-bond acceptors (Lipinski definition) is 4. The van der Waals surface area contributed by atoms with Crippen LogP contribution in [0, 0.1) is 0 Å². The zero-order valence-corrected chi connectivity index (χ0v) is 15.3. The molecule has 2 aromatic carbocycles. The Morgan fingerprint density at radius 1 is 1.18 bits per heavy atom. The number of esters is 1. The standard InChI is InChI=1S/C19H15ClF3NO4/c1-27-14-4-2-3-12(9-14)5-8-18(26)28-11-17(25)24-16-10-13(19(21,22)23)6-7-15(16)20/h2-10H,11H2,1H3,(H,24,25). The third kappa shape index (κ3) is 6.31. The lowest BCUT2D eigenvalue weighted by atomic mass is 10.2. The fourth-order valence-corrected chi connectivity index (χ4v) is 2.24. The molecule has 148 valence electrons. The Hall–Kier alpha value is -3.00. The molecule has 0 radical (unpaired) electrons. The molecular formula is C19H15ClF3NO4. The van der Waals surface area contributed by atoms with Crippen LogP contribution >= 0.6 is 11.6 Å². The highest BCUT2D eigenvalue weighted by atomic mass is 35.5. The Bertz CT molecular complexity index is 897. The average Bonchev–Trinajstić information content (AvgIpc) is 2.65. The second-order valence-corrected chi connectivity index (χ2v) is 5.87. The quantitative estimate of drug-likeness (QED) is 0.557. The van der Waals surface area contributed by atoms with Crippen LogP contribution in [0.3, 0.4) is 0 Å². The summed E-state index contributed by atoms with van der Waals surface area (Å²) in [5.41, 5.74) is -0.522. The third-order valence-corrected chi connectivity index (χ3v) is 3.75. The molecular weight excluding hydrogens is 399 g/mol. The molecule has 0 atom stereocenters. The number of methoxy groups -OCH3 is 1. The molecule has 0 aliphatic heterocycles. The molecule has 2 aromatic rings. The predicted molar refractivity (Wildman–Crippen MR) is 98.1 cm³/mol. The molecule has 0 saturated heterocycles. The minimum Gasteiger partial charge on any atom is -0.497 e. The van der Waals surface area contributed by atoms with Crippen molar-refractivity contribution in [3.8, 4) is 5.75 Å². The van der Waals surface area contributed by atoms with E-state index in [1.54, 1.807) is 24.3 Å². The summed E-state index contributed by atoms with van der Waals surface area (Å²) < 4.78 is 48.0. The Balaban J connectivity index is 1.91. The number of benzene rings is 2. The molecule has 0 aliphatic rings. The van der Waals surface area contributed by atoms with Crippen LogP contribution in [0.4, 0.5) is 18.9 Å². The molecule has 0 bridgehead atoms. The number of nitrogens with one attached hydrogen (secondary N) is 1. The zero-order chi connectivity index (χ0) is 20.7. The summed E-state index contributed by atoms with van der Waals surface area (Å²) in [6.45, 7) is -0.687. The van der Waals surface area contributed by atoms with Gasteiger partial charge < -0.3 is 14.8 Å². The van der Waals surface area contributed by atoms with Gasteiger partial charge in [0.15, 0.2) is 6.61 Å². The highest BCUT2D eigenvalue weighted by Crippen LogP contribution is 2.33. The van der Waals surface area contributed by atoms with Crippen LogP contribution in [0.5, 0.6) is 5.75 Å². The molecule has 1 amide bonds. The first-order valence-corrected chi connectivity index (χ1v) is 8.22. The lowest BCUT2D eigenvalue weighted by Crippen LogP contribution is -2.20.